The van der Waals surface area contributed by atoms with Crippen molar-refractivity contribution in [3.05, 3.63) is 35.4 Å². The molecule has 1 aliphatic heterocycles. The van der Waals surface area contributed by atoms with Crippen LogP contribution in [0.5, 0.6) is 0 Å². The number of aliphatic imine (C=N–C) groups is 1. The third-order valence-corrected chi connectivity index (χ3v) is 2.53. The zero-order valence-electron chi connectivity index (χ0n) is 8.45. The van der Waals surface area contributed by atoms with E-state index in [2.05, 4.69) is 18.8 Å². The second-order valence-corrected chi connectivity index (χ2v) is 3.90. The Hall–Kier alpha value is -1.44. The van der Waals surface area contributed by atoms with E-state index in [1.807, 2.05) is 24.3 Å². The first-order valence-corrected chi connectivity index (χ1v) is 4.88. The highest BCUT2D eigenvalue weighted by molar-refractivity contribution is 6.09. The Morgan fingerprint density at radius 1 is 1.29 bits per heavy atom. The summed E-state index contributed by atoms with van der Waals surface area (Å²) in [5.41, 5.74) is 2.86. The van der Waals surface area contributed by atoms with E-state index in [9.17, 15) is 4.79 Å². The van der Waals surface area contributed by atoms with Crippen molar-refractivity contribution in [1.82, 2.24) is 0 Å². The molecule has 14 heavy (non-hydrogen) atoms. The molecule has 0 aromatic heterocycles. The summed E-state index contributed by atoms with van der Waals surface area (Å²) in [7, 11) is 0. The van der Waals surface area contributed by atoms with E-state index in [-0.39, 0.29) is 5.91 Å². The zero-order valence-corrected chi connectivity index (χ0v) is 8.45. The Balaban J connectivity index is 2.43. The van der Waals surface area contributed by atoms with Crippen molar-refractivity contribution < 1.29 is 4.79 Å². The van der Waals surface area contributed by atoms with Gasteiger partial charge in [-0.15, -0.1) is 0 Å². The maximum absolute atomic E-state index is 11.6. The lowest BCUT2D eigenvalue weighted by Crippen LogP contribution is -2.20. The van der Waals surface area contributed by atoms with Crippen molar-refractivity contribution in [2.24, 2.45) is 10.9 Å². The third-order valence-electron chi connectivity index (χ3n) is 2.53. The molecule has 1 heterocycles. The Morgan fingerprint density at radius 2 is 2.00 bits per heavy atom. The quantitative estimate of drug-likeness (QED) is 0.664. The molecule has 2 rings (SSSR count). The molecule has 0 aliphatic carbocycles. The predicted molar refractivity (Wildman–Crippen MR) is 56.7 cm³/mol. The number of nitrogens with zero attached hydrogens (tertiary/aromatic N) is 1. The highest BCUT2D eigenvalue weighted by Gasteiger charge is 2.19. The molecule has 0 saturated carbocycles. The lowest BCUT2D eigenvalue weighted by atomic mass is 9.93. The number of fused-ring (bicyclic) bond motifs is 1. The monoisotopic (exact) mass is 187 g/mol. The molecule has 72 valence electrons. The van der Waals surface area contributed by atoms with E-state index in [0.717, 1.165) is 23.3 Å². The van der Waals surface area contributed by atoms with Crippen LogP contribution in [-0.4, -0.2) is 11.6 Å². The van der Waals surface area contributed by atoms with Crippen LogP contribution in [0.1, 0.15) is 29.8 Å². The van der Waals surface area contributed by atoms with Crippen molar-refractivity contribution in [2.45, 2.75) is 20.3 Å². The molecule has 0 saturated heterocycles. The van der Waals surface area contributed by atoms with Crippen molar-refractivity contribution >= 4 is 11.6 Å². The lowest BCUT2D eigenvalue weighted by molar-refractivity contribution is 0.0999. The van der Waals surface area contributed by atoms with Crippen LogP contribution in [0, 0.1) is 5.92 Å². The minimum absolute atomic E-state index is 0.0875. The molecule has 0 unspecified atom stereocenters. The van der Waals surface area contributed by atoms with E-state index < -0.39 is 0 Å². The summed E-state index contributed by atoms with van der Waals surface area (Å²) in [4.78, 5) is 15.7. The molecule has 1 aliphatic rings. The van der Waals surface area contributed by atoms with E-state index in [1.54, 1.807) is 0 Å². The Bertz CT molecular complexity index is 405. The maximum atomic E-state index is 11.6. The van der Waals surface area contributed by atoms with Gasteiger partial charge in [-0.2, -0.15) is 0 Å². The molecule has 2 nitrogen and oxygen atoms in total. The third kappa shape index (κ3) is 1.48. The molecular weight excluding hydrogens is 174 g/mol. The number of rotatable bonds is 1. The molecule has 0 radical (unpaired) electrons. The van der Waals surface area contributed by atoms with Crippen molar-refractivity contribution in [2.75, 3.05) is 0 Å². The number of amides is 1. The van der Waals surface area contributed by atoms with Gasteiger partial charge in [0.15, 0.2) is 0 Å². The van der Waals surface area contributed by atoms with Crippen LogP contribution in [0.2, 0.25) is 0 Å². The van der Waals surface area contributed by atoms with Gasteiger partial charge >= 0.3 is 0 Å². The molecule has 1 aromatic rings. The van der Waals surface area contributed by atoms with Crippen molar-refractivity contribution in [3.63, 3.8) is 0 Å². The van der Waals surface area contributed by atoms with Crippen molar-refractivity contribution in [1.29, 1.82) is 0 Å². The Morgan fingerprint density at radius 3 is 2.71 bits per heavy atom. The molecule has 0 atom stereocenters. The smallest absolute Gasteiger partial charge is 0.267 e. The number of carbonyl (C=O) groups excluding carboxylic acids is 1. The first-order chi connectivity index (χ1) is 6.68. The van der Waals surface area contributed by atoms with Gasteiger partial charge in [-0.05, 0) is 17.5 Å². The van der Waals surface area contributed by atoms with E-state index in [1.165, 1.54) is 0 Å². The van der Waals surface area contributed by atoms with Crippen LogP contribution in [0.15, 0.2) is 29.3 Å². The van der Waals surface area contributed by atoms with Gasteiger partial charge in [-0.3, -0.25) is 4.79 Å². The fraction of sp³-hybridized carbons (Fsp3) is 0.333. The second kappa shape index (κ2) is 3.37. The van der Waals surface area contributed by atoms with Gasteiger partial charge in [0.05, 0.1) is 0 Å². The zero-order chi connectivity index (χ0) is 10.1. The molecule has 0 N–H and O–H groups in total. The molecule has 0 spiro atoms. The molecule has 1 amide bonds. The van der Waals surface area contributed by atoms with Crippen LogP contribution >= 0.6 is 0 Å². The Labute approximate surface area is 83.7 Å². The highest BCUT2D eigenvalue weighted by Crippen LogP contribution is 2.19. The molecular formula is C12H13NO. The maximum Gasteiger partial charge on any atom is 0.277 e. The first-order valence-electron chi connectivity index (χ1n) is 4.88. The predicted octanol–water partition coefficient (Wildman–Crippen LogP) is 2.48. The fourth-order valence-electron chi connectivity index (χ4n) is 1.64. The summed E-state index contributed by atoms with van der Waals surface area (Å²) in [6.45, 7) is 4.14. The van der Waals surface area contributed by atoms with Gasteiger partial charge in [0.2, 0.25) is 0 Å². The summed E-state index contributed by atoms with van der Waals surface area (Å²) in [6, 6.07) is 7.70. The van der Waals surface area contributed by atoms with Gasteiger partial charge in [0.25, 0.3) is 5.91 Å². The largest absolute Gasteiger partial charge is 0.277 e. The van der Waals surface area contributed by atoms with Crippen LogP contribution in [-0.2, 0) is 6.42 Å². The summed E-state index contributed by atoms with van der Waals surface area (Å²) in [6.07, 6.45) is 0.819. The van der Waals surface area contributed by atoms with E-state index >= 15 is 0 Å². The van der Waals surface area contributed by atoms with Crippen LogP contribution in [0.4, 0.5) is 0 Å². The van der Waals surface area contributed by atoms with Crippen LogP contribution in [0.3, 0.4) is 0 Å². The topological polar surface area (TPSA) is 29.4 Å². The molecule has 0 bridgehead atoms. The lowest BCUT2D eigenvalue weighted by Gasteiger charge is -2.16. The number of hydrogen-bond donors (Lipinski definition) is 0. The summed E-state index contributed by atoms with van der Waals surface area (Å²) in [5, 5.41) is 0. The minimum atomic E-state index is -0.0875. The SMILES string of the molecule is CC(C)C1=NC(=O)c2ccccc2C1. The fourth-order valence-corrected chi connectivity index (χ4v) is 1.64. The van der Waals surface area contributed by atoms with Gasteiger partial charge in [-0.1, -0.05) is 32.0 Å². The van der Waals surface area contributed by atoms with Gasteiger partial charge in [0.1, 0.15) is 0 Å². The highest BCUT2D eigenvalue weighted by atomic mass is 16.1. The molecule has 2 heteroatoms. The van der Waals surface area contributed by atoms with Gasteiger partial charge in [0, 0.05) is 17.7 Å². The first kappa shape index (κ1) is 9.13. The summed E-state index contributed by atoms with van der Waals surface area (Å²) < 4.78 is 0. The minimum Gasteiger partial charge on any atom is -0.267 e. The number of benzene rings is 1. The van der Waals surface area contributed by atoms with E-state index in [0.29, 0.717) is 5.92 Å². The van der Waals surface area contributed by atoms with Crippen LogP contribution < -0.4 is 0 Å². The number of hydrogen-bond acceptors (Lipinski definition) is 1. The van der Waals surface area contributed by atoms with Crippen LogP contribution in [0.25, 0.3) is 0 Å². The van der Waals surface area contributed by atoms with Gasteiger partial charge < -0.3 is 0 Å². The second-order valence-electron chi connectivity index (χ2n) is 3.90. The summed E-state index contributed by atoms with van der Waals surface area (Å²) >= 11 is 0. The molecule has 1 aromatic carbocycles. The average molecular weight is 187 g/mol. The average Bonchev–Trinajstić information content (AvgIpc) is 2.17. The number of carbonyl (C=O) groups is 1. The van der Waals surface area contributed by atoms with E-state index in [4.69, 9.17) is 0 Å². The Kier molecular flexibility index (Phi) is 2.20. The standard InChI is InChI=1S/C12H13NO/c1-8(2)11-7-9-5-3-4-6-10(9)12(14)13-11/h3-6,8H,7H2,1-2H3. The van der Waals surface area contributed by atoms with Gasteiger partial charge in [-0.25, -0.2) is 4.99 Å². The summed E-state index contributed by atoms with van der Waals surface area (Å²) in [5.74, 6) is 0.267. The normalized spacial score (nSPS) is 15.4. The molecule has 0 fully saturated rings. The van der Waals surface area contributed by atoms with Crippen molar-refractivity contribution in [3.8, 4) is 0 Å².